The van der Waals surface area contributed by atoms with Gasteiger partial charge in [-0.1, -0.05) is 37.6 Å². The summed E-state index contributed by atoms with van der Waals surface area (Å²) in [5.74, 6) is 1.02. The van der Waals surface area contributed by atoms with Gasteiger partial charge in [-0.05, 0) is 67.5 Å². The number of halogens is 1. The van der Waals surface area contributed by atoms with Crippen LogP contribution in [-0.2, 0) is 4.79 Å². The number of amides is 1. The van der Waals surface area contributed by atoms with Crippen molar-refractivity contribution in [2.24, 2.45) is 0 Å². The van der Waals surface area contributed by atoms with Gasteiger partial charge in [0.2, 0.25) is 0 Å². The number of hydrogen-bond acceptors (Lipinski definition) is 3. The highest BCUT2D eigenvalue weighted by Crippen LogP contribution is 2.30. The SMILES string of the molecule is CC[C@@H](C)c1ccc(OCC(=O)Nc2ccc(N3CCCCC3)c(Cl)c2)cc1. The molecule has 1 N–H and O–H groups in total. The molecule has 1 aliphatic rings. The summed E-state index contributed by atoms with van der Waals surface area (Å²) in [5.41, 5.74) is 3.01. The maximum absolute atomic E-state index is 12.2. The first-order chi connectivity index (χ1) is 13.6. The number of nitrogens with one attached hydrogen (secondary N) is 1. The van der Waals surface area contributed by atoms with E-state index in [1.165, 1.54) is 24.8 Å². The standard InChI is InChI=1S/C23H29ClN2O2/c1-3-17(2)18-7-10-20(11-8-18)28-16-23(27)25-19-9-12-22(21(24)15-19)26-13-5-4-6-14-26/h7-12,15,17H,3-6,13-14,16H2,1-2H3,(H,25,27)/t17-/m1/s1. The average Bonchev–Trinajstić information content (AvgIpc) is 2.73. The molecule has 3 rings (SSSR count). The van der Waals surface area contributed by atoms with Gasteiger partial charge in [0.15, 0.2) is 6.61 Å². The first kappa shape index (κ1) is 20.5. The highest BCUT2D eigenvalue weighted by Gasteiger charge is 2.14. The minimum absolute atomic E-state index is 0.0336. The van der Waals surface area contributed by atoms with E-state index in [9.17, 15) is 4.79 Å². The smallest absolute Gasteiger partial charge is 0.262 e. The maximum Gasteiger partial charge on any atom is 0.262 e. The Morgan fingerprint density at radius 1 is 1.14 bits per heavy atom. The molecule has 28 heavy (non-hydrogen) atoms. The number of carbonyl (C=O) groups excluding carboxylic acids is 1. The van der Waals surface area contributed by atoms with Crippen LogP contribution in [0.2, 0.25) is 5.02 Å². The third-order valence-corrected chi connectivity index (χ3v) is 5.66. The van der Waals surface area contributed by atoms with E-state index < -0.39 is 0 Å². The fourth-order valence-electron chi connectivity index (χ4n) is 3.45. The van der Waals surface area contributed by atoms with Gasteiger partial charge in [0.25, 0.3) is 5.91 Å². The van der Waals surface area contributed by atoms with Crippen LogP contribution in [0.1, 0.15) is 51.0 Å². The van der Waals surface area contributed by atoms with Crippen molar-refractivity contribution in [3.8, 4) is 5.75 Å². The average molecular weight is 401 g/mol. The van der Waals surface area contributed by atoms with Gasteiger partial charge in [0.05, 0.1) is 10.7 Å². The van der Waals surface area contributed by atoms with E-state index in [2.05, 4.69) is 36.2 Å². The summed E-state index contributed by atoms with van der Waals surface area (Å²) in [6.45, 7) is 6.41. The molecule has 1 amide bonds. The molecule has 1 fully saturated rings. The molecular weight excluding hydrogens is 372 g/mol. The Kier molecular flexibility index (Phi) is 7.21. The fourth-order valence-corrected chi connectivity index (χ4v) is 3.75. The summed E-state index contributed by atoms with van der Waals surface area (Å²) in [7, 11) is 0. The second-order valence-electron chi connectivity index (χ2n) is 7.43. The van der Waals surface area contributed by atoms with Crippen LogP contribution in [0.25, 0.3) is 0 Å². The largest absolute Gasteiger partial charge is 0.484 e. The van der Waals surface area contributed by atoms with Crippen LogP contribution in [-0.4, -0.2) is 25.6 Å². The molecule has 1 aliphatic heterocycles. The van der Waals surface area contributed by atoms with Crippen LogP contribution >= 0.6 is 11.6 Å². The lowest BCUT2D eigenvalue weighted by molar-refractivity contribution is -0.118. The normalized spacial score (nSPS) is 15.2. The molecule has 0 aliphatic carbocycles. The lowest BCUT2D eigenvalue weighted by Gasteiger charge is -2.29. The van der Waals surface area contributed by atoms with Gasteiger partial charge in [-0.25, -0.2) is 0 Å². The molecule has 0 saturated carbocycles. The first-order valence-corrected chi connectivity index (χ1v) is 10.5. The first-order valence-electron chi connectivity index (χ1n) is 10.1. The minimum Gasteiger partial charge on any atom is -0.484 e. The Labute approximate surface area is 172 Å². The van der Waals surface area contributed by atoms with Crippen molar-refractivity contribution in [2.75, 3.05) is 29.9 Å². The second-order valence-corrected chi connectivity index (χ2v) is 7.84. The molecule has 0 radical (unpaired) electrons. The van der Waals surface area contributed by atoms with Crippen molar-refractivity contribution in [2.45, 2.75) is 45.4 Å². The van der Waals surface area contributed by atoms with E-state index in [1.54, 1.807) is 0 Å². The minimum atomic E-state index is -0.201. The Bertz CT molecular complexity index is 786. The molecule has 150 valence electrons. The van der Waals surface area contributed by atoms with Crippen molar-refractivity contribution < 1.29 is 9.53 Å². The van der Waals surface area contributed by atoms with Crippen LogP contribution < -0.4 is 15.0 Å². The number of benzene rings is 2. The monoisotopic (exact) mass is 400 g/mol. The molecule has 1 atom stereocenters. The number of rotatable bonds is 7. The molecule has 5 heteroatoms. The van der Waals surface area contributed by atoms with Gasteiger partial charge in [-0.2, -0.15) is 0 Å². The fraction of sp³-hybridized carbons (Fsp3) is 0.435. The third kappa shape index (κ3) is 5.41. The molecule has 4 nitrogen and oxygen atoms in total. The molecule has 2 aromatic carbocycles. The van der Waals surface area contributed by atoms with Gasteiger partial charge in [-0.15, -0.1) is 0 Å². The van der Waals surface area contributed by atoms with E-state index in [1.807, 2.05) is 30.3 Å². The molecule has 0 spiro atoms. The van der Waals surface area contributed by atoms with Crippen LogP contribution in [0.3, 0.4) is 0 Å². The van der Waals surface area contributed by atoms with Crippen LogP contribution in [0.5, 0.6) is 5.75 Å². The summed E-state index contributed by atoms with van der Waals surface area (Å²) >= 11 is 6.45. The predicted octanol–water partition coefficient (Wildman–Crippen LogP) is 5.86. The lowest BCUT2D eigenvalue weighted by Crippen LogP contribution is -2.29. The zero-order chi connectivity index (χ0) is 19.9. The van der Waals surface area contributed by atoms with E-state index in [-0.39, 0.29) is 12.5 Å². The predicted molar refractivity (Wildman–Crippen MR) is 117 cm³/mol. The van der Waals surface area contributed by atoms with Gasteiger partial charge >= 0.3 is 0 Å². The molecule has 1 heterocycles. The van der Waals surface area contributed by atoms with Crippen molar-refractivity contribution >= 4 is 28.9 Å². The second kappa shape index (κ2) is 9.83. The summed E-state index contributed by atoms with van der Waals surface area (Å²) < 4.78 is 5.60. The maximum atomic E-state index is 12.2. The number of nitrogens with zero attached hydrogens (tertiary/aromatic N) is 1. The Morgan fingerprint density at radius 3 is 2.50 bits per heavy atom. The van der Waals surface area contributed by atoms with E-state index in [4.69, 9.17) is 16.3 Å². The summed E-state index contributed by atoms with van der Waals surface area (Å²) in [5, 5.41) is 3.52. The quantitative estimate of drug-likeness (QED) is 0.632. The van der Waals surface area contributed by atoms with Gasteiger partial charge < -0.3 is 15.0 Å². The summed E-state index contributed by atoms with van der Waals surface area (Å²) in [6.07, 6.45) is 4.78. The molecule has 1 saturated heterocycles. The number of carbonyl (C=O) groups is 1. The Hall–Kier alpha value is -2.20. The van der Waals surface area contributed by atoms with Gasteiger partial charge in [0.1, 0.15) is 5.75 Å². The highest BCUT2D eigenvalue weighted by atomic mass is 35.5. The van der Waals surface area contributed by atoms with E-state index in [0.29, 0.717) is 22.4 Å². The lowest BCUT2D eigenvalue weighted by atomic mass is 9.99. The molecule has 0 bridgehead atoms. The van der Waals surface area contributed by atoms with Crippen molar-refractivity contribution in [3.05, 3.63) is 53.1 Å². The zero-order valence-electron chi connectivity index (χ0n) is 16.7. The number of hydrogen-bond donors (Lipinski definition) is 1. The van der Waals surface area contributed by atoms with Crippen molar-refractivity contribution in [3.63, 3.8) is 0 Å². The zero-order valence-corrected chi connectivity index (χ0v) is 17.5. The third-order valence-electron chi connectivity index (χ3n) is 5.36. The van der Waals surface area contributed by atoms with Gasteiger partial charge in [0, 0.05) is 18.8 Å². The highest BCUT2D eigenvalue weighted by molar-refractivity contribution is 6.33. The number of piperidine rings is 1. The number of ether oxygens (including phenoxy) is 1. The van der Waals surface area contributed by atoms with Crippen LogP contribution in [0.15, 0.2) is 42.5 Å². The number of anilines is 2. The van der Waals surface area contributed by atoms with Gasteiger partial charge in [-0.3, -0.25) is 4.79 Å². The summed E-state index contributed by atoms with van der Waals surface area (Å²) in [6, 6.07) is 13.6. The van der Waals surface area contributed by atoms with E-state index >= 15 is 0 Å². The molecule has 0 aromatic heterocycles. The van der Waals surface area contributed by atoms with E-state index in [0.717, 1.165) is 25.2 Å². The van der Waals surface area contributed by atoms with Crippen LogP contribution in [0, 0.1) is 0 Å². The van der Waals surface area contributed by atoms with Crippen LogP contribution in [0.4, 0.5) is 11.4 Å². The molecule has 2 aromatic rings. The Balaban J connectivity index is 1.52. The molecule has 0 unspecified atom stereocenters. The Morgan fingerprint density at radius 2 is 1.86 bits per heavy atom. The molecular formula is C23H29ClN2O2. The summed E-state index contributed by atoms with van der Waals surface area (Å²) in [4.78, 5) is 14.5. The topological polar surface area (TPSA) is 41.6 Å². The van der Waals surface area contributed by atoms with Crippen molar-refractivity contribution in [1.29, 1.82) is 0 Å². The van der Waals surface area contributed by atoms with Crippen molar-refractivity contribution in [1.82, 2.24) is 0 Å².